The molecule has 1 aromatic carbocycles. The maximum atomic E-state index is 5.83. The quantitative estimate of drug-likeness (QED) is 0.835. The third-order valence-electron chi connectivity index (χ3n) is 3.18. The number of aromatic nitrogens is 1. The molecule has 0 fully saturated rings. The number of hydrogen-bond donors (Lipinski definition) is 1. The van der Waals surface area contributed by atoms with Crippen LogP contribution in [0.3, 0.4) is 0 Å². The first-order valence-electron chi connectivity index (χ1n) is 6.62. The van der Waals surface area contributed by atoms with Crippen LogP contribution in [0.25, 0.3) is 0 Å². The summed E-state index contributed by atoms with van der Waals surface area (Å²) < 4.78 is 0. The van der Waals surface area contributed by atoms with Crippen LogP contribution >= 0.6 is 0 Å². The fourth-order valence-corrected chi connectivity index (χ4v) is 2.07. The Kier molecular flexibility index (Phi) is 4.53. The molecule has 0 aliphatic heterocycles. The predicted molar refractivity (Wildman–Crippen MR) is 79.5 cm³/mol. The highest BCUT2D eigenvalue weighted by molar-refractivity contribution is 5.40. The lowest BCUT2D eigenvalue weighted by atomic mass is 10.1. The van der Waals surface area contributed by atoms with Gasteiger partial charge in [0.25, 0.3) is 0 Å². The van der Waals surface area contributed by atoms with Gasteiger partial charge in [-0.2, -0.15) is 0 Å². The van der Waals surface area contributed by atoms with Gasteiger partial charge in [-0.05, 0) is 43.2 Å². The normalized spacial score (nSPS) is 11.2. The molecule has 2 N–H and O–H groups in total. The molecule has 0 spiro atoms. The summed E-state index contributed by atoms with van der Waals surface area (Å²) in [6, 6.07) is 12.7. The largest absolute Gasteiger partial charge is 0.399 e. The van der Waals surface area contributed by atoms with Crippen molar-refractivity contribution < 1.29 is 0 Å². The fourth-order valence-electron chi connectivity index (χ4n) is 2.07. The third kappa shape index (κ3) is 4.07. The molecule has 0 amide bonds. The van der Waals surface area contributed by atoms with Crippen LogP contribution in [0.4, 0.5) is 5.69 Å². The van der Waals surface area contributed by atoms with Gasteiger partial charge in [0.1, 0.15) is 0 Å². The van der Waals surface area contributed by atoms with Crippen LogP contribution in [0.1, 0.15) is 25.0 Å². The zero-order valence-corrected chi connectivity index (χ0v) is 11.6. The van der Waals surface area contributed by atoms with Gasteiger partial charge in [-0.15, -0.1) is 0 Å². The van der Waals surface area contributed by atoms with Crippen molar-refractivity contribution in [2.75, 3.05) is 5.73 Å². The van der Waals surface area contributed by atoms with Crippen molar-refractivity contribution in [1.29, 1.82) is 0 Å². The van der Waals surface area contributed by atoms with E-state index in [0.29, 0.717) is 6.04 Å². The maximum Gasteiger partial charge on any atom is 0.0317 e. The standard InChI is InChI=1S/C16H21N3/c1-13(2)19(12-15-6-4-8-18-10-15)11-14-5-3-7-16(17)9-14/h3-10,13H,11-12,17H2,1-2H3. The van der Waals surface area contributed by atoms with Gasteiger partial charge in [0.15, 0.2) is 0 Å². The summed E-state index contributed by atoms with van der Waals surface area (Å²) >= 11 is 0. The molecule has 2 rings (SSSR count). The van der Waals surface area contributed by atoms with E-state index < -0.39 is 0 Å². The average Bonchev–Trinajstić information content (AvgIpc) is 2.39. The van der Waals surface area contributed by atoms with Gasteiger partial charge >= 0.3 is 0 Å². The van der Waals surface area contributed by atoms with E-state index in [2.05, 4.69) is 35.9 Å². The first-order valence-corrected chi connectivity index (χ1v) is 6.62. The summed E-state index contributed by atoms with van der Waals surface area (Å²) in [6.07, 6.45) is 3.73. The molecule has 100 valence electrons. The second-order valence-electron chi connectivity index (χ2n) is 5.11. The van der Waals surface area contributed by atoms with Gasteiger partial charge in [-0.1, -0.05) is 18.2 Å². The van der Waals surface area contributed by atoms with Crippen LogP contribution in [-0.4, -0.2) is 15.9 Å². The minimum Gasteiger partial charge on any atom is -0.399 e. The van der Waals surface area contributed by atoms with E-state index in [-0.39, 0.29) is 0 Å². The highest BCUT2D eigenvalue weighted by Gasteiger charge is 2.11. The van der Waals surface area contributed by atoms with E-state index in [9.17, 15) is 0 Å². The minimum absolute atomic E-state index is 0.474. The van der Waals surface area contributed by atoms with Gasteiger partial charge in [-0.25, -0.2) is 0 Å². The number of hydrogen-bond acceptors (Lipinski definition) is 3. The molecular weight excluding hydrogens is 234 g/mol. The number of benzene rings is 1. The van der Waals surface area contributed by atoms with Crippen molar-refractivity contribution in [3.05, 3.63) is 59.9 Å². The van der Waals surface area contributed by atoms with Crippen LogP contribution in [-0.2, 0) is 13.1 Å². The van der Waals surface area contributed by atoms with Crippen molar-refractivity contribution in [2.24, 2.45) is 0 Å². The Labute approximate surface area is 115 Å². The molecule has 0 unspecified atom stereocenters. The van der Waals surface area contributed by atoms with Crippen molar-refractivity contribution >= 4 is 5.69 Å². The third-order valence-corrected chi connectivity index (χ3v) is 3.18. The molecular formula is C16H21N3. The Hall–Kier alpha value is -1.87. The molecule has 0 saturated heterocycles. The first-order chi connectivity index (χ1) is 9.15. The molecule has 3 nitrogen and oxygen atoms in total. The number of rotatable bonds is 5. The number of pyridine rings is 1. The molecule has 19 heavy (non-hydrogen) atoms. The molecule has 2 aromatic rings. The van der Waals surface area contributed by atoms with Crippen molar-refractivity contribution in [3.8, 4) is 0 Å². The summed E-state index contributed by atoms with van der Waals surface area (Å²) in [5.74, 6) is 0. The second kappa shape index (κ2) is 6.34. The summed E-state index contributed by atoms with van der Waals surface area (Å²) in [5.41, 5.74) is 9.14. The van der Waals surface area contributed by atoms with Crippen molar-refractivity contribution in [1.82, 2.24) is 9.88 Å². The highest BCUT2D eigenvalue weighted by atomic mass is 15.1. The lowest BCUT2D eigenvalue weighted by Crippen LogP contribution is -2.29. The average molecular weight is 255 g/mol. The zero-order valence-electron chi connectivity index (χ0n) is 11.6. The predicted octanol–water partition coefficient (Wildman–Crippen LogP) is 3.07. The second-order valence-corrected chi connectivity index (χ2v) is 5.11. The summed E-state index contributed by atoms with van der Waals surface area (Å²) in [6.45, 7) is 6.23. The van der Waals surface area contributed by atoms with E-state index in [4.69, 9.17) is 5.73 Å². The number of anilines is 1. The lowest BCUT2D eigenvalue weighted by molar-refractivity contribution is 0.203. The molecule has 1 aromatic heterocycles. The molecule has 1 heterocycles. The van der Waals surface area contributed by atoms with E-state index in [1.165, 1.54) is 11.1 Å². The fraction of sp³-hybridized carbons (Fsp3) is 0.312. The van der Waals surface area contributed by atoms with E-state index in [0.717, 1.165) is 18.8 Å². The Morgan fingerprint density at radius 1 is 1.11 bits per heavy atom. The Bertz CT molecular complexity index is 508. The van der Waals surface area contributed by atoms with Crippen LogP contribution < -0.4 is 5.73 Å². The van der Waals surface area contributed by atoms with Gasteiger partial charge < -0.3 is 5.73 Å². The number of nitrogens with zero attached hydrogens (tertiary/aromatic N) is 2. The number of nitrogens with two attached hydrogens (primary N) is 1. The Balaban J connectivity index is 2.08. The van der Waals surface area contributed by atoms with Crippen LogP contribution in [0.5, 0.6) is 0 Å². The number of nitrogen functional groups attached to an aromatic ring is 1. The van der Waals surface area contributed by atoms with Crippen LogP contribution in [0, 0.1) is 0 Å². The van der Waals surface area contributed by atoms with Gasteiger partial charge in [0, 0.05) is 37.2 Å². The molecule has 0 radical (unpaired) electrons. The molecule has 0 atom stereocenters. The summed E-state index contributed by atoms with van der Waals surface area (Å²) in [5, 5.41) is 0. The van der Waals surface area contributed by atoms with Gasteiger partial charge in [0.2, 0.25) is 0 Å². The molecule has 3 heteroatoms. The van der Waals surface area contributed by atoms with Crippen molar-refractivity contribution in [3.63, 3.8) is 0 Å². The molecule has 0 aliphatic rings. The monoisotopic (exact) mass is 255 g/mol. The zero-order chi connectivity index (χ0) is 13.7. The SMILES string of the molecule is CC(C)N(Cc1cccnc1)Cc1cccc(N)c1. The summed E-state index contributed by atoms with van der Waals surface area (Å²) in [7, 11) is 0. The van der Waals surface area contributed by atoms with Crippen LogP contribution in [0.15, 0.2) is 48.8 Å². The van der Waals surface area contributed by atoms with Gasteiger partial charge in [0.05, 0.1) is 0 Å². The topological polar surface area (TPSA) is 42.2 Å². The van der Waals surface area contributed by atoms with Crippen LogP contribution in [0.2, 0.25) is 0 Å². The highest BCUT2D eigenvalue weighted by Crippen LogP contribution is 2.14. The molecule has 0 saturated carbocycles. The van der Waals surface area contributed by atoms with Crippen molar-refractivity contribution in [2.45, 2.75) is 33.0 Å². The Morgan fingerprint density at radius 3 is 2.47 bits per heavy atom. The van der Waals surface area contributed by atoms with E-state index in [1.807, 2.05) is 30.5 Å². The van der Waals surface area contributed by atoms with E-state index >= 15 is 0 Å². The van der Waals surface area contributed by atoms with Gasteiger partial charge in [-0.3, -0.25) is 9.88 Å². The maximum absolute atomic E-state index is 5.83. The summed E-state index contributed by atoms with van der Waals surface area (Å²) in [4.78, 5) is 6.58. The first kappa shape index (κ1) is 13.6. The lowest BCUT2D eigenvalue weighted by Gasteiger charge is -2.26. The minimum atomic E-state index is 0.474. The molecule has 0 aliphatic carbocycles. The Morgan fingerprint density at radius 2 is 1.84 bits per heavy atom. The molecule has 0 bridgehead atoms. The smallest absolute Gasteiger partial charge is 0.0317 e. The van der Waals surface area contributed by atoms with E-state index in [1.54, 1.807) is 6.20 Å².